The molecule has 2 heterocycles. The zero-order chi connectivity index (χ0) is 10.0. The van der Waals surface area contributed by atoms with Gasteiger partial charge in [-0.15, -0.1) is 0 Å². The second-order valence-corrected chi connectivity index (χ2v) is 4.90. The molecule has 0 aromatic heterocycles. The van der Waals surface area contributed by atoms with E-state index in [1.165, 1.54) is 25.9 Å². The van der Waals surface area contributed by atoms with Crippen molar-refractivity contribution in [2.45, 2.75) is 25.3 Å². The standard InChI is InChI=1S/C11H22N2O/c1-11(3-5-12(2)6-4-11)13-7-9-14-10-8-13/h3-10H2,1-2H3. The normalized spacial score (nSPS) is 30.4. The molecule has 0 aromatic carbocycles. The van der Waals surface area contributed by atoms with Gasteiger partial charge in [-0.3, -0.25) is 4.90 Å². The van der Waals surface area contributed by atoms with Gasteiger partial charge in [-0.2, -0.15) is 0 Å². The Kier molecular flexibility index (Phi) is 3.10. The van der Waals surface area contributed by atoms with Gasteiger partial charge in [0.2, 0.25) is 0 Å². The van der Waals surface area contributed by atoms with Crippen molar-refractivity contribution in [1.82, 2.24) is 9.80 Å². The lowest BCUT2D eigenvalue weighted by Gasteiger charge is -2.47. The molecule has 0 radical (unpaired) electrons. The summed E-state index contributed by atoms with van der Waals surface area (Å²) >= 11 is 0. The molecule has 0 aliphatic carbocycles. The maximum Gasteiger partial charge on any atom is 0.0594 e. The van der Waals surface area contributed by atoms with E-state index in [1.54, 1.807) is 0 Å². The first-order valence-corrected chi connectivity index (χ1v) is 5.72. The first kappa shape index (κ1) is 10.4. The number of nitrogens with zero attached hydrogens (tertiary/aromatic N) is 2. The molecule has 0 N–H and O–H groups in total. The zero-order valence-electron chi connectivity index (χ0n) is 9.46. The van der Waals surface area contributed by atoms with Gasteiger partial charge in [0.05, 0.1) is 13.2 Å². The first-order chi connectivity index (χ1) is 6.71. The van der Waals surface area contributed by atoms with Crippen molar-refractivity contribution < 1.29 is 4.74 Å². The molecule has 0 saturated carbocycles. The van der Waals surface area contributed by atoms with Crippen LogP contribution < -0.4 is 0 Å². The highest BCUT2D eigenvalue weighted by Gasteiger charge is 2.35. The summed E-state index contributed by atoms with van der Waals surface area (Å²) in [6.45, 7) is 9.00. The van der Waals surface area contributed by atoms with E-state index in [-0.39, 0.29) is 0 Å². The molecule has 0 aromatic rings. The Morgan fingerprint density at radius 3 is 2.14 bits per heavy atom. The second-order valence-electron chi connectivity index (χ2n) is 4.90. The number of morpholine rings is 1. The van der Waals surface area contributed by atoms with Gasteiger partial charge >= 0.3 is 0 Å². The van der Waals surface area contributed by atoms with Crippen LogP contribution in [0.5, 0.6) is 0 Å². The van der Waals surface area contributed by atoms with E-state index < -0.39 is 0 Å². The number of hydrogen-bond donors (Lipinski definition) is 0. The monoisotopic (exact) mass is 198 g/mol. The smallest absolute Gasteiger partial charge is 0.0594 e. The summed E-state index contributed by atoms with van der Waals surface area (Å²) in [4.78, 5) is 5.06. The van der Waals surface area contributed by atoms with Crippen molar-refractivity contribution in [2.24, 2.45) is 0 Å². The number of rotatable bonds is 1. The van der Waals surface area contributed by atoms with Crippen LogP contribution in [0.2, 0.25) is 0 Å². The molecule has 0 bridgehead atoms. The minimum Gasteiger partial charge on any atom is -0.379 e. The van der Waals surface area contributed by atoms with E-state index in [0.717, 1.165) is 26.3 Å². The van der Waals surface area contributed by atoms with Crippen molar-refractivity contribution in [3.63, 3.8) is 0 Å². The first-order valence-electron chi connectivity index (χ1n) is 5.72. The third-order valence-corrected chi connectivity index (χ3v) is 3.84. The Bertz CT molecular complexity index is 182. The van der Waals surface area contributed by atoms with Crippen LogP contribution in [0, 0.1) is 0 Å². The van der Waals surface area contributed by atoms with Gasteiger partial charge in [0.15, 0.2) is 0 Å². The van der Waals surface area contributed by atoms with Gasteiger partial charge < -0.3 is 9.64 Å². The van der Waals surface area contributed by atoms with Crippen molar-refractivity contribution in [2.75, 3.05) is 46.4 Å². The van der Waals surface area contributed by atoms with Crippen LogP contribution in [0.15, 0.2) is 0 Å². The fourth-order valence-corrected chi connectivity index (χ4v) is 2.52. The minimum absolute atomic E-state index is 0.441. The van der Waals surface area contributed by atoms with Crippen molar-refractivity contribution >= 4 is 0 Å². The third-order valence-electron chi connectivity index (χ3n) is 3.84. The predicted molar refractivity (Wildman–Crippen MR) is 57.5 cm³/mol. The molecule has 3 heteroatoms. The Labute approximate surface area is 87.0 Å². The SMILES string of the molecule is CN1CCC(C)(N2CCOCC2)CC1. The summed E-state index contributed by atoms with van der Waals surface area (Å²) in [6, 6.07) is 0. The number of ether oxygens (including phenoxy) is 1. The lowest BCUT2D eigenvalue weighted by molar-refractivity contribution is -0.0372. The molecule has 2 saturated heterocycles. The van der Waals surface area contributed by atoms with E-state index in [9.17, 15) is 0 Å². The van der Waals surface area contributed by atoms with Gasteiger partial charge in [0.25, 0.3) is 0 Å². The molecule has 2 fully saturated rings. The molecule has 82 valence electrons. The van der Waals surface area contributed by atoms with Crippen LogP contribution in [-0.4, -0.2) is 61.8 Å². The molecule has 0 spiro atoms. The highest BCUT2D eigenvalue weighted by atomic mass is 16.5. The van der Waals surface area contributed by atoms with E-state index in [1.807, 2.05) is 0 Å². The summed E-state index contributed by atoms with van der Waals surface area (Å²) in [6.07, 6.45) is 2.62. The number of likely N-dealkylation sites (tertiary alicyclic amines) is 1. The van der Waals surface area contributed by atoms with Gasteiger partial charge in [-0.1, -0.05) is 0 Å². The van der Waals surface area contributed by atoms with Gasteiger partial charge in [0.1, 0.15) is 0 Å². The maximum absolute atomic E-state index is 5.40. The highest BCUT2D eigenvalue weighted by molar-refractivity contribution is 4.91. The lowest BCUT2D eigenvalue weighted by atomic mass is 9.87. The maximum atomic E-state index is 5.40. The molecular weight excluding hydrogens is 176 g/mol. The summed E-state index contributed by atoms with van der Waals surface area (Å²) in [7, 11) is 2.22. The predicted octanol–water partition coefficient (Wildman–Crippen LogP) is 0.803. The molecule has 2 rings (SSSR count). The molecule has 0 unspecified atom stereocenters. The third kappa shape index (κ3) is 2.10. The summed E-state index contributed by atoms with van der Waals surface area (Å²) in [5, 5.41) is 0. The Morgan fingerprint density at radius 2 is 1.57 bits per heavy atom. The van der Waals surface area contributed by atoms with Crippen molar-refractivity contribution in [3.05, 3.63) is 0 Å². The second kappa shape index (κ2) is 4.17. The summed E-state index contributed by atoms with van der Waals surface area (Å²) < 4.78 is 5.40. The average molecular weight is 198 g/mol. The fraction of sp³-hybridized carbons (Fsp3) is 1.00. The summed E-state index contributed by atoms with van der Waals surface area (Å²) in [5.41, 5.74) is 0.441. The lowest BCUT2D eigenvalue weighted by Crippen LogP contribution is -2.56. The largest absolute Gasteiger partial charge is 0.379 e. The minimum atomic E-state index is 0.441. The zero-order valence-corrected chi connectivity index (χ0v) is 9.46. The molecule has 0 atom stereocenters. The topological polar surface area (TPSA) is 15.7 Å². The fourth-order valence-electron chi connectivity index (χ4n) is 2.52. The van der Waals surface area contributed by atoms with Crippen LogP contribution in [0.3, 0.4) is 0 Å². The van der Waals surface area contributed by atoms with E-state index in [4.69, 9.17) is 4.74 Å². The van der Waals surface area contributed by atoms with Crippen LogP contribution >= 0.6 is 0 Å². The molecular formula is C11H22N2O. The molecule has 2 aliphatic rings. The molecule has 2 aliphatic heterocycles. The van der Waals surface area contributed by atoms with Crippen LogP contribution in [-0.2, 0) is 4.74 Å². The average Bonchev–Trinajstić information content (AvgIpc) is 2.24. The van der Waals surface area contributed by atoms with Gasteiger partial charge in [-0.25, -0.2) is 0 Å². The Balaban J connectivity index is 1.93. The molecule has 14 heavy (non-hydrogen) atoms. The Morgan fingerprint density at radius 1 is 1.00 bits per heavy atom. The van der Waals surface area contributed by atoms with Gasteiger partial charge in [0, 0.05) is 18.6 Å². The Hall–Kier alpha value is -0.120. The van der Waals surface area contributed by atoms with E-state index >= 15 is 0 Å². The van der Waals surface area contributed by atoms with Crippen molar-refractivity contribution in [1.29, 1.82) is 0 Å². The molecule has 3 nitrogen and oxygen atoms in total. The quantitative estimate of drug-likeness (QED) is 0.620. The number of piperidine rings is 1. The number of hydrogen-bond acceptors (Lipinski definition) is 3. The molecule has 0 amide bonds. The van der Waals surface area contributed by atoms with Crippen LogP contribution in [0.25, 0.3) is 0 Å². The van der Waals surface area contributed by atoms with E-state index in [2.05, 4.69) is 23.8 Å². The van der Waals surface area contributed by atoms with Gasteiger partial charge in [-0.05, 0) is 39.9 Å². The van der Waals surface area contributed by atoms with Crippen LogP contribution in [0.1, 0.15) is 19.8 Å². The van der Waals surface area contributed by atoms with E-state index in [0.29, 0.717) is 5.54 Å². The highest BCUT2D eigenvalue weighted by Crippen LogP contribution is 2.28. The van der Waals surface area contributed by atoms with Crippen molar-refractivity contribution in [3.8, 4) is 0 Å². The summed E-state index contributed by atoms with van der Waals surface area (Å²) in [5.74, 6) is 0. The van der Waals surface area contributed by atoms with Crippen LogP contribution in [0.4, 0.5) is 0 Å².